The van der Waals surface area contributed by atoms with E-state index in [2.05, 4.69) is 0 Å². The number of aliphatic hydroxyl groups is 1. The highest BCUT2D eigenvalue weighted by Gasteiger charge is 2.29. The van der Waals surface area contributed by atoms with E-state index in [-0.39, 0.29) is 17.8 Å². The van der Waals surface area contributed by atoms with Gasteiger partial charge in [0.1, 0.15) is 0 Å². The molecule has 0 heterocycles. The van der Waals surface area contributed by atoms with Crippen molar-refractivity contribution >= 4 is 0 Å². The van der Waals surface area contributed by atoms with Gasteiger partial charge in [0.05, 0.1) is 17.8 Å². The highest BCUT2D eigenvalue weighted by Crippen LogP contribution is 2.25. The van der Waals surface area contributed by atoms with Gasteiger partial charge in [-0.15, -0.1) is 0 Å². The lowest BCUT2D eigenvalue weighted by molar-refractivity contribution is -0.0974. The van der Waals surface area contributed by atoms with Crippen molar-refractivity contribution < 1.29 is 9.84 Å². The zero-order valence-corrected chi connectivity index (χ0v) is 7.63. The van der Waals surface area contributed by atoms with E-state index in [1.54, 1.807) is 0 Å². The fraction of sp³-hybridized carbons (Fsp3) is 1.00. The Morgan fingerprint density at radius 3 is 2.27 bits per heavy atom. The molecule has 2 unspecified atom stereocenters. The van der Waals surface area contributed by atoms with Crippen LogP contribution in [0.25, 0.3) is 0 Å². The van der Waals surface area contributed by atoms with Crippen molar-refractivity contribution in [2.45, 2.75) is 57.8 Å². The van der Waals surface area contributed by atoms with E-state index < -0.39 is 0 Å². The summed E-state index contributed by atoms with van der Waals surface area (Å²) in [7, 11) is 0. The molecule has 1 fully saturated rings. The summed E-state index contributed by atoms with van der Waals surface area (Å²) >= 11 is 0. The monoisotopic (exact) mass is 158 g/mol. The zero-order chi connectivity index (χ0) is 8.48. The molecule has 0 spiro atoms. The van der Waals surface area contributed by atoms with Crippen LogP contribution in [-0.2, 0) is 4.74 Å². The maximum Gasteiger partial charge on any atom is 0.0841 e. The summed E-state index contributed by atoms with van der Waals surface area (Å²) in [4.78, 5) is 0. The van der Waals surface area contributed by atoms with Gasteiger partial charge in [-0.05, 0) is 40.0 Å². The van der Waals surface area contributed by atoms with Crippen LogP contribution in [0.5, 0.6) is 0 Å². The second kappa shape index (κ2) is 3.11. The van der Waals surface area contributed by atoms with Gasteiger partial charge in [-0.2, -0.15) is 0 Å². The second-order valence-electron chi connectivity index (χ2n) is 4.27. The van der Waals surface area contributed by atoms with Gasteiger partial charge in [0.2, 0.25) is 0 Å². The molecule has 2 heteroatoms. The molecule has 2 atom stereocenters. The maximum absolute atomic E-state index is 9.43. The first-order chi connectivity index (χ1) is 4.99. The summed E-state index contributed by atoms with van der Waals surface area (Å²) in [6.45, 7) is 6.08. The average Bonchev–Trinajstić information content (AvgIpc) is 2.12. The van der Waals surface area contributed by atoms with Crippen molar-refractivity contribution in [3.05, 3.63) is 0 Å². The first-order valence-corrected chi connectivity index (χ1v) is 4.35. The van der Waals surface area contributed by atoms with Crippen LogP contribution in [0.4, 0.5) is 0 Å². The molecule has 0 aromatic heterocycles. The third-order valence-corrected chi connectivity index (χ3v) is 1.92. The Morgan fingerprint density at radius 2 is 1.91 bits per heavy atom. The van der Waals surface area contributed by atoms with Gasteiger partial charge in [0, 0.05) is 0 Å². The fourth-order valence-electron chi connectivity index (χ4n) is 1.50. The molecule has 0 saturated heterocycles. The van der Waals surface area contributed by atoms with Crippen LogP contribution in [-0.4, -0.2) is 22.9 Å². The van der Waals surface area contributed by atoms with E-state index in [1.165, 1.54) is 0 Å². The maximum atomic E-state index is 9.43. The SMILES string of the molecule is CC(C)(C)OC1CCCC1O. The van der Waals surface area contributed by atoms with E-state index >= 15 is 0 Å². The molecule has 0 aliphatic heterocycles. The van der Waals surface area contributed by atoms with Crippen LogP contribution in [0.1, 0.15) is 40.0 Å². The van der Waals surface area contributed by atoms with Crippen LogP contribution in [0.15, 0.2) is 0 Å². The molecular formula is C9H18O2. The van der Waals surface area contributed by atoms with Gasteiger partial charge in [-0.3, -0.25) is 0 Å². The van der Waals surface area contributed by atoms with Crippen LogP contribution in [0.2, 0.25) is 0 Å². The Hall–Kier alpha value is -0.0800. The Balaban J connectivity index is 2.37. The van der Waals surface area contributed by atoms with Gasteiger partial charge >= 0.3 is 0 Å². The van der Waals surface area contributed by atoms with Gasteiger partial charge in [-0.1, -0.05) is 0 Å². The summed E-state index contributed by atoms with van der Waals surface area (Å²) in [6.07, 6.45) is 2.87. The number of hydrogen-bond donors (Lipinski definition) is 1. The van der Waals surface area contributed by atoms with Crippen LogP contribution >= 0.6 is 0 Å². The molecule has 1 aliphatic carbocycles. The predicted molar refractivity (Wildman–Crippen MR) is 44.5 cm³/mol. The van der Waals surface area contributed by atoms with Crippen molar-refractivity contribution in [2.75, 3.05) is 0 Å². The number of hydrogen-bond acceptors (Lipinski definition) is 2. The Bertz CT molecular complexity index is 126. The lowest BCUT2D eigenvalue weighted by atomic mass is 10.1. The van der Waals surface area contributed by atoms with Crippen molar-refractivity contribution in [2.24, 2.45) is 0 Å². The summed E-state index contributed by atoms with van der Waals surface area (Å²) in [5.74, 6) is 0. The topological polar surface area (TPSA) is 29.5 Å². The summed E-state index contributed by atoms with van der Waals surface area (Å²) in [5, 5.41) is 9.43. The van der Waals surface area contributed by atoms with Crippen molar-refractivity contribution in [1.29, 1.82) is 0 Å². The normalized spacial score (nSPS) is 32.7. The number of ether oxygens (including phenoxy) is 1. The van der Waals surface area contributed by atoms with Gasteiger partial charge in [0.15, 0.2) is 0 Å². The molecule has 0 amide bonds. The van der Waals surface area contributed by atoms with Crippen molar-refractivity contribution in [1.82, 2.24) is 0 Å². The average molecular weight is 158 g/mol. The molecule has 11 heavy (non-hydrogen) atoms. The minimum absolute atomic E-state index is 0.0787. The van der Waals surface area contributed by atoms with E-state index in [4.69, 9.17) is 4.74 Å². The third kappa shape index (κ3) is 2.80. The molecule has 1 aliphatic rings. The van der Waals surface area contributed by atoms with Gasteiger partial charge in [-0.25, -0.2) is 0 Å². The minimum Gasteiger partial charge on any atom is -0.390 e. The largest absolute Gasteiger partial charge is 0.390 e. The van der Waals surface area contributed by atoms with E-state index in [0.29, 0.717) is 0 Å². The Morgan fingerprint density at radius 1 is 1.27 bits per heavy atom. The molecular weight excluding hydrogens is 140 g/mol. The van der Waals surface area contributed by atoms with Crippen LogP contribution in [0.3, 0.4) is 0 Å². The fourth-order valence-corrected chi connectivity index (χ4v) is 1.50. The first kappa shape index (κ1) is 9.01. The highest BCUT2D eigenvalue weighted by atomic mass is 16.5. The van der Waals surface area contributed by atoms with E-state index in [0.717, 1.165) is 19.3 Å². The van der Waals surface area contributed by atoms with Crippen molar-refractivity contribution in [3.63, 3.8) is 0 Å². The van der Waals surface area contributed by atoms with E-state index in [1.807, 2.05) is 20.8 Å². The Kier molecular flexibility index (Phi) is 2.55. The second-order valence-corrected chi connectivity index (χ2v) is 4.27. The van der Waals surface area contributed by atoms with Crippen LogP contribution in [0, 0.1) is 0 Å². The summed E-state index contributed by atoms with van der Waals surface area (Å²) < 4.78 is 5.66. The smallest absolute Gasteiger partial charge is 0.0841 e. The predicted octanol–water partition coefficient (Wildman–Crippen LogP) is 1.71. The molecule has 66 valence electrons. The first-order valence-electron chi connectivity index (χ1n) is 4.35. The van der Waals surface area contributed by atoms with Gasteiger partial charge in [0.25, 0.3) is 0 Å². The summed E-state index contributed by atoms with van der Waals surface area (Å²) in [6, 6.07) is 0. The molecule has 0 aromatic carbocycles. The summed E-state index contributed by atoms with van der Waals surface area (Å²) in [5.41, 5.74) is -0.115. The zero-order valence-electron chi connectivity index (χ0n) is 7.63. The molecule has 0 bridgehead atoms. The number of aliphatic hydroxyl groups excluding tert-OH is 1. The highest BCUT2D eigenvalue weighted by molar-refractivity contribution is 4.79. The molecule has 2 nitrogen and oxygen atoms in total. The lowest BCUT2D eigenvalue weighted by Gasteiger charge is -2.26. The van der Waals surface area contributed by atoms with Crippen molar-refractivity contribution in [3.8, 4) is 0 Å². The molecule has 1 N–H and O–H groups in total. The van der Waals surface area contributed by atoms with Gasteiger partial charge < -0.3 is 9.84 Å². The third-order valence-electron chi connectivity index (χ3n) is 1.92. The van der Waals surface area contributed by atoms with E-state index in [9.17, 15) is 5.11 Å². The molecule has 1 rings (SSSR count). The Labute approximate surface area is 68.6 Å². The quantitative estimate of drug-likeness (QED) is 0.629. The molecule has 1 saturated carbocycles. The lowest BCUT2D eigenvalue weighted by Crippen LogP contribution is -2.32. The van der Waals surface area contributed by atoms with Crippen LogP contribution < -0.4 is 0 Å². The standard InChI is InChI=1S/C9H18O2/c1-9(2,3)11-8-6-4-5-7(8)10/h7-8,10H,4-6H2,1-3H3. The number of rotatable bonds is 1. The molecule has 0 aromatic rings. The molecule has 0 radical (unpaired) electrons. The minimum atomic E-state index is -0.228.